The normalized spacial score (nSPS) is 11.9. The first kappa shape index (κ1) is 63.3. The SMILES string of the molecule is CCCCCCCCCCC[N+](C)(C)CCCCCCCCCC.CCCCCCCCCC[N+](C)(C)CCCCCCCCCC.O=S(=O)([O-])O.O=S(=O)([O-])O. The molecule has 350 valence electrons. The van der Waals surface area contributed by atoms with Crippen LogP contribution in [-0.2, 0) is 20.8 Å². The van der Waals surface area contributed by atoms with E-state index in [0.29, 0.717) is 0 Å². The van der Waals surface area contributed by atoms with Gasteiger partial charge in [0.2, 0.25) is 20.8 Å². The molecule has 0 aliphatic carbocycles. The van der Waals surface area contributed by atoms with Crippen molar-refractivity contribution < 1.29 is 44.0 Å². The lowest BCUT2D eigenvalue weighted by Gasteiger charge is -2.30. The predicted molar refractivity (Wildman–Crippen MR) is 243 cm³/mol. The zero-order valence-electron chi connectivity index (χ0n) is 39.2. The summed E-state index contributed by atoms with van der Waals surface area (Å²) in [4.78, 5) is 0. The van der Waals surface area contributed by atoms with Gasteiger partial charge < -0.3 is 18.1 Å². The monoisotopic (exact) mass is 861 g/mol. The third-order valence-electron chi connectivity index (χ3n) is 10.7. The second kappa shape index (κ2) is 45.2. The highest BCUT2D eigenvalue weighted by molar-refractivity contribution is 7.80. The lowest BCUT2D eigenvalue weighted by molar-refractivity contribution is -0.890. The molecule has 0 atom stereocenters. The van der Waals surface area contributed by atoms with Gasteiger partial charge in [0.05, 0.1) is 54.4 Å². The Morgan fingerprint density at radius 2 is 0.404 bits per heavy atom. The molecule has 0 rings (SSSR count). The standard InChI is InChI=1S/C23H50N.C22H48N.2H2O4S/c1-5-7-9-11-13-15-17-19-21-23-24(3,4)22-20-18-16-14-12-10-8-6-2;1-5-7-9-11-13-15-17-19-21-23(3,4)22-20-18-16-14-12-10-8-6-2;2*1-5(2,3)4/h5-23H2,1-4H3;5-22H2,1-4H3;2*(H2,1,2,3,4)/q2*+1;;/p-2. The maximum atomic E-state index is 8.63. The fourth-order valence-electron chi connectivity index (χ4n) is 7.10. The lowest BCUT2D eigenvalue weighted by Crippen LogP contribution is -2.41. The van der Waals surface area contributed by atoms with E-state index in [1.54, 1.807) is 0 Å². The van der Waals surface area contributed by atoms with Crippen molar-refractivity contribution in [3.8, 4) is 0 Å². The van der Waals surface area contributed by atoms with Gasteiger partial charge >= 0.3 is 0 Å². The summed E-state index contributed by atoms with van der Waals surface area (Å²) in [6.45, 7) is 14.7. The molecule has 10 nitrogen and oxygen atoms in total. The quantitative estimate of drug-likeness (QED) is 0.0271. The maximum absolute atomic E-state index is 8.63. The van der Waals surface area contributed by atoms with Crippen molar-refractivity contribution in [2.75, 3.05) is 54.4 Å². The first-order valence-corrected chi connectivity index (χ1v) is 26.5. The molecular formula is C45H100N2O8S2. The first-order valence-electron chi connectivity index (χ1n) is 23.7. The fraction of sp³-hybridized carbons (Fsp3) is 1.00. The second-order valence-electron chi connectivity index (χ2n) is 17.9. The summed E-state index contributed by atoms with van der Waals surface area (Å²) >= 11 is 0. The largest absolute Gasteiger partial charge is 0.726 e. The van der Waals surface area contributed by atoms with Crippen LogP contribution in [0.1, 0.15) is 240 Å². The van der Waals surface area contributed by atoms with Crippen LogP contribution < -0.4 is 0 Å². The summed E-state index contributed by atoms with van der Waals surface area (Å²) in [5.74, 6) is 0. The Bertz CT molecular complexity index is 925. The fourth-order valence-corrected chi connectivity index (χ4v) is 7.10. The van der Waals surface area contributed by atoms with Crippen molar-refractivity contribution in [2.24, 2.45) is 0 Å². The highest BCUT2D eigenvalue weighted by atomic mass is 32.3. The molecule has 0 aromatic carbocycles. The predicted octanol–water partition coefficient (Wildman–Crippen LogP) is 13.1. The Kier molecular flexibility index (Phi) is 50.2. The van der Waals surface area contributed by atoms with Crippen molar-refractivity contribution in [1.82, 2.24) is 0 Å². The van der Waals surface area contributed by atoms with E-state index >= 15 is 0 Å². The van der Waals surface area contributed by atoms with Crippen molar-refractivity contribution >= 4 is 20.8 Å². The Labute approximate surface area is 357 Å². The average molecular weight is 861 g/mol. The summed E-state index contributed by atoms with van der Waals surface area (Å²) in [5.41, 5.74) is 0. The third-order valence-corrected chi connectivity index (χ3v) is 10.7. The van der Waals surface area contributed by atoms with Crippen molar-refractivity contribution in [3.63, 3.8) is 0 Å². The molecular weight excluding hydrogens is 761 g/mol. The van der Waals surface area contributed by atoms with Gasteiger partial charge in [-0.1, -0.05) is 188 Å². The van der Waals surface area contributed by atoms with Crippen LogP contribution in [0.4, 0.5) is 0 Å². The number of quaternary nitrogens is 2. The average Bonchev–Trinajstić information content (AvgIpc) is 3.10. The molecule has 0 spiro atoms. The smallest absolute Gasteiger partial charge is 0.215 e. The molecule has 0 aliphatic rings. The van der Waals surface area contributed by atoms with Gasteiger partial charge in [-0.05, 0) is 51.4 Å². The number of nitrogens with zero attached hydrogens (tertiary/aromatic N) is 2. The Morgan fingerprint density at radius 1 is 0.298 bits per heavy atom. The zero-order valence-corrected chi connectivity index (χ0v) is 40.9. The van der Waals surface area contributed by atoms with Gasteiger partial charge in [0, 0.05) is 0 Å². The summed E-state index contributed by atoms with van der Waals surface area (Å²) in [5, 5.41) is 0. The summed E-state index contributed by atoms with van der Waals surface area (Å²) in [6, 6.07) is 0. The van der Waals surface area contributed by atoms with Crippen LogP contribution >= 0.6 is 0 Å². The Hall–Kier alpha value is -0.340. The molecule has 0 radical (unpaired) electrons. The van der Waals surface area contributed by atoms with Crippen molar-refractivity contribution in [1.29, 1.82) is 0 Å². The van der Waals surface area contributed by atoms with Gasteiger partial charge in [-0.2, -0.15) is 0 Å². The van der Waals surface area contributed by atoms with Crippen LogP contribution in [-0.4, -0.2) is 98.4 Å². The van der Waals surface area contributed by atoms with Crippen LogP contribution in [0.2, 0.25) is 0 Å². The number of rotatable bonds is 37. The number of hydrogen-bond donors (Lipinski definition) is 2. The molecule has 0 aromatic rings. The molecule has 0 aliphatic heterocycles. The van der Waals surface area contributed by atoms with E-state index in [-0.39, 0.29) is 0 Å². The molecule has 0 bridgehead atoms. The topological polar surface area (TPSA) is 155 Å². The number of hydrogen-bond acceptors (Lipinski definition) is 6. The zero-order chi connectivity index (χ0) is 44.2. The van der Waals surface area contributed by atoms with E-state index in [9.17, 15) is 0 Å². The van der Waals surface area contributed by atoms with Crippen molar-refractivity contribution in [3.05, 3.63) is 0 Å². The van der Waals surface area contributed by atoms with E-state index in [0.717, 1.165) is 0 Å². The Balaban J connectivity index is -0.000000397. The van der Waals surface area contributed by atoms with E-state index < -0.39 is 20.8 Å². The minimum Gasteiger partial charge on any atom is -0.726 e. The van der Waals surface area contributed by atoms with Crippen LogP contribution in [0.5, 0.6) is 0 Å². The molecule has 0 fully saturated rings. The van der Waals surface area contributed by atoms with E-state index in [4.69, 9.17) is 35.0 Å². The second-order valence-corrected chi connectivity index (χ2v) is 19.6. The van der Waals surface area contributed by atoms with Gasteiger partial charge in [0.1, 0.15) is 0 Å². The molecule has 0 unspecified atom stereocenters. The highest BCUT2D eigenvalue weighted by Crippen LogP contribution is 2.15. The molecule has 0 saturated heterocycles. The van der Waals surface area contributed by atoms with Crippen LogP contribution in [0.3, 0.4) is 0 Å². The lowest BCUT2D eigenvalue weighted by atomic mass is 10.1. The minimum absolute atomic E-state index is 1.24. The van der Waals surface area contributed by atoms with Crippen molar-refractivity contribution in [2.45, 2.75) is 240 Å². The maximum Gasteiger partial charge on any atom is 0.215 e. The molecule has 0 aromatic heterocycles. The van der Waals surface area contributed by atoms with Gasteiger partial charge in [-0.3, -0.25) is 9.11 Å². The van der Waals surface area contributed by atoms with Crippen LogP contribution in [0, 0.1) is 0 Å². The molecule has 2 N–H and O–H groups in total. The molecule has 0 saturated carbocycles. The van der Waals surface area contributed by atoms with E-state index in [1.165, 1.54) is 247 Å². The first-order chi connectivity index (χ1) is 26.7. The van der Waals surface area contributed by atoms with E-state index in [1.807, 2.05) is 0 Å². The molecule has 0 heterocycles. The van der Waals surface area contributed by atoms with Crippen LogP contribution in [0.25, 0.3) is 0 Å². The molecule has 57 heavy (non-hydrogen) atoms. The van der Waals surface area contributed by atoms with Gasteiger partial charge in [-0.15, -0.1) is 0 Å². The molecule has 12 heteroatoms. The summed E-state index contributed by atoms with van der Waals surface area (Å²) < 4.78 is 68.2. The molecule has 0 amide bonds. The summed E-state index contributed by atoms with van der Waals surface area (Å²) in [6.07, 6.45) is 47.6. The van der Waals surface area contributed by atoms with Gasteiger partial charge in [-0.25, -0.2) is 16.8 Å². The highest BCUT2D eigenvalue weighted by Gasteiger charge is 2.14. The van der Waals surface area contributed by atoms with Gasteiger partial charge in [0.15, 0.2) is 0 Å². The minimum atomic E-state index is -4.92. The third kappa shape index (κ3) is 80.4. The van der Waals surface area contributed by atoms with Gasteiger partial charge in [0.25, 0.3) is 0 Å². The van der Waals surface area contributed by atoms with E-state index in [2.05, 4.69) is 55.9 Å². The number of unbranched alkanes of at least 4 members (excludes halogenated alkanes) is 29. The van der Waals surface area contributed by atoms with Crippen LogP contribution in [0.15, 0.2) is 0 Å². The Morgan fingerprint density at radius 3 is 0.526 bits per heavy atom. The summed E-state index contributed by atoms with van der Waals surface area (Å²) in [7, 11) is -0.0943.